The summed E-state index contributed by atoms with van der Waals surface area (Å²) in [5.74, 6) is -1.31. The van der Waals surface area contributed by atoms with Gasteiger partial charge >= 0.3 is 0 Å². The molecule has 0 aromatic carbocycles. The molecule has 0 fully saturated rings. The van der Waals surface area contributed by atoms with Crippen molar-refractivity contribution in [3.05, 3.63) is 12.2 Å². The molecule has 0 radical (unpaired) electrons. The highest BCUT2D eigenvalue weighted by atomic mass is 35.5. The maximum Gasteiger partial charge on any atom is 0.143 e. The Labute approximate surface area is 39.4 Å². The number of rotatable bonds is 1. The van der Waals surface area contributed by atoms with Crippen LogP contribution in [0.4, 0.5) is 8.78 Å². The molecule has 3 heteroatoms. The number of hydrogen-bond donors (Lipinski definition) is 0. The maximum absolute atomic E-state index is 11.2. The van der Waals surface area contributed by atoms with E-state index in [2.05, 4.69) is 0 Å². The second-order valence-electron chi connectivity index (χ2n) is 0.690. The van der Waals surface area contributed by atoms with Gasteiger partial charge < -0.3 is 0 Å². The first kappa shape index (κ1) is 5.89. The summed E-state index contributed by atoms with van der Waals surface area (Å²) >= 11 is 4.77. The third kappa shape index (κ3) is 2.15. The molecule has 6 heavy (non-hydrogen) atoms. The summed E-state index contributed by atoms with van der Waals surface area (Å²) in [6.45, 7) is 0. The monoisotopic (exact) mass is 112 g/mol. The van der Waals surface area contributed by atoms with Gasteiger partial charge in [-0.05, 0) is 0 Å². The number of hydrogen-bond acceptors (Lipinski definition) is 0. The van der Waals surface area contributed by atoms with Crippen molar-refractivity contribution in [2.75, 3.05) is 5.88 Å². The number of halogens is 3. The van der Waals surface area contributed by atoms with E-state index in [1.165, 1.54) is 0 Å². The van der Waals surface area contributed by atoms with Crippen LogP contribution in [-0.2, 0) is 0 Å². The van der Waals surface area contributed by atoms with Crippen molar-refractivity contribution in [2.24, 2.45) is 0 Å². The SMILES string of the molecule is FC=C(F)CCl. The molecule has 0 atom stereocenters. The Morgan fingerprint density at radius 2 is 2.33 bits per heavy atom. The zero-order valence-electron chi connectivity index (χ0n) is 2.92. The molecule has 0 spiro atoms. The fourth-order valence-corrected chi connectivity index (χ4v) is 0.0875. The van der Waals surface area contributed by atoms with Crippen molar-refractivity contribution in [3.63, 3.8) is 0 Å². The molecular formula is C3H3ClF2. The summed E-state index contributed by atoms with van der Waals surface area (Å²) in [7, 11) is 0. The van der Waals surface area contributed by atoms with Crippen LogP contribution in [0.25, 0.3) is 0 Å². The van der Waals surface area contributed by atoms with Crippen LogP contribution in [0, 0.1) is 0 Å². The Balaban J connectivity index is 3.22. The van der Waals surface area contributed by atoms with Crippen molar-refractivity contribution < 1.29 is 8.78 Å². The summed E-state index contributed by atoms with van der Waals surface area (Å²) in [6.07, 6.45) is -0.160. The highest BCUT2D eigenvalue weighted by Crippen LogP contribution is 1.96. The van der Waals surface area contributed by atoms with E-state index in [1.54, 1.807) is 0 Å². The molecule has 0 aliphatic carbocycles. The Bertz CT molecular complexity index is 59.8. The summed E-state index contributed by atoms with van der Waals surface area (Å²) in [5, 5.41) is 0. The van der Waals surface area contributed by atoms with Crippen LogP contribution in [0.3, 0.4) is 0 Å². The largest absolute Gasteiger partial charge is 0.213 e. The van der Waals surface area contributed by atoms with Crippen molar-refractivity contribution in [1.29, 1.82) is 0 Å². The first-order valence-electron chi connectivity index (χ1n) is 1.32. The summed E-state index contributed by atoms with van der Waals surface area (Å²) < 4.78 is 22.0. The Morgan fingerprint density at radius 3 is 2.33 bits per heavy atom. The quantitative estimate of drug-likeness (QED) is 0.455. The second kappa shape index (κ2) is 3.09. The van der Waals surface area contributed by atoms with E-state index < -0.39 is 5.83 Å². The van der Waals surface area contributed by atoms with Crippen LogP contribution < -0.4 is 0 Å². The first-order valence-corrected chi connectivity index (χ1v) is 1.85. The molecule has 0 saturated carbocycles. The molecule has 0 bridgehead atoms. The molecule has 0 unspecified atom stereocenters. The lowest BCUT2D eigenvalue weighted by Crippen LogP contribution is -1.66. The lowest BCUT2D eigenvalue weighted by Gasteiger charge is -1.75. The summed E-state index contributed by atoms with van der Waals surface area (Å²) in [4.78, 5) is 0. The Morgan fingerprint density at radius 1 is 1.83 bits per heavy atom. The fourth-order valence-electron chi connectivity index (χ4n) is 0.0292. The van der Waals surface area contributed by atoms with Crippen LogP contribution in [0.1, 0.15) is 0 Å². The normalized spacial score (nSPS) is 12.2. The third-order valence-corrected chi connectivity index (χ3v) is 0.501. The number of alkyl halides is 1. The van der Waals surface area contributed by atoms with Gasteiger partial charge in [0, 0.05) is 0 Å². The Kier molecular flexibility index (Phi) is 3.04. The minimum atomic E-state index is -0.934. The molecule has 0 N–H and O–H groups in total. The van der Waals surface area contributed by atoms with Gasteiger partial charge in [0.1, 0.15) is 12.2 Å². The highest BCUT2D eigenvalue weighted by Gasteiger charge is 1.84. The smallest absolute Gasteiger partial charge is 0.143 e. The van der Waals surface area contributed by atoms with Gasteiger partial charge in [0.25, 0.3) is 0 Å². The van der Waals surface area contributed by atoms with Crippen LogP contribution in [0.15, 0.2) is 12.2 Å². The van der Waals surface area contributed by atoms with Gasteiger partial charge in [-0.1, -0.05) is 0 Å². The van der Waals surface area contributed by atoms with E-state index in [9.17, 15) is 8.78 Å². The molecule has 0 amide bonds. The fraction of sp³-hybridized carbons (Fsp3) is 0.333. The van der Waals surface area contributed by atoms with Crippen LogP contribution >= 0.6 is 11.6 Å². The molecule has 0 rings (SSSR count). The molecule has 0 heterocycles. The van der Waals surface area contributed by atoms with E-state index in [-0.39, 0.29) is 12.2 Å². The van der Waals surface area contributed by atoms with Crippen molar-refractivity contribution in [1.82, 2.24) is 0 Å². The molecule has 0 aliphatic heterocycles. The summed E-state index contributed by atoms with van der Waals surface area (Å²) in [6, 6.07) is 0. The van der Waals surface area contributed by atoms with Gasteiger partial charge in [-0.15, -0.1) is 11.6 Å². The van der Waals surface area contributed by atoms with E-state index >= 15 is 0 Å². The van der Waals surface area contributed by atoms with E-state index in [1.807, 2.05) is 0 Å². The van der Waals surface area contributed by atoms with E-state index in [0.717, 1.165) is 0 Å². The molecule has 0 aliphatic rings. The van der Waals surface area contributed by atoms with Gasteiger partial charge in [-0.3, -0.25) is 0 Å². The standard InChI is InChI=1S/C3H3ClF2/c4-1-3(6)2-5/h2H,1H2. The van der Waals surface area contributed by atoms with Gasteiger partial charge in [-0.2, -0.15) is 0 Å². The molecule has 0 aromatic rings. The average molecular weight is 113 g/mol. The molecular weight excluding hydrogens is 109 g/mol. The summed E-state index contributed by atoms with van der Waals surface area (Å²) in [5.41, 5.74) is 0. The first-order chi connectivity index (χ1) is 2.81. The highest BCUT2D eigenvalue weighted by molar-refractivity contribution is 6.19. The predicted molar refractivity (Wildman–Crippen MR) is 21.0 cm³/mol. The third-order valence-electron chi connectivity index (χ3n) is 0.246. The van der Waals surface area contributed by atoms with Crippen molar-refractivity contribution in [3.8, 4) is 0 Å². The zero-order chi connectivity index (χ0) is 4.99. The minimum Gasteiger partial charge on any atom is -0.213 e. The molecule has 36 valence electrons. The van der Waals surface area contributed by atoms with Crippen LogP contribution in [0.5, 0.6) is 0 Å². The Hall–Kier alpha value is -0.110. The lowest BCUT2D eigenvalue weighted by molar-refractivity contribution is 0.588. The predicted octanol–water partition coefficient (Wildman–Crippen LogP) is 2.01. The number of allylic oxidation sites excluding steroid dienone is 1. The van der Waals surface area contributed by atoms with E-state index in [0.29, 0.717) is 0 Å². The van der Waals surface area contributed by atoms with Crippen molar-refractivity contribution >= 4 is 11.6 Å². The van der Waals surface area contributed by atoms with Gasteiger partial charge in [0.2, 0.25) is 0 Å². The molecule has 0 nitrogen and oxygen atoms in total. The minimum absolute atomic E-state index is 0.160. The van der Waals surface area contributed by atoms with Crippen LogP contribution in [-0.4, -0.2) is 5.88 Å². The average Bonchev–Trinajstić information content (AvgIpc) is 1.65. The van der Waals surface area contributed by atoms with Gasteiger partial charge in [-0.25, -0.2) is 8.78 Å². The topological polar surface area (TPSA) is 0 Å². The lowest BCUT2D eigenvalue weighted by atomic mass is 10.7. The zero-order valence-corrected chi connectivity index (χ0v) is 3.67. The molecule has 0 saturated heterocycles. The van der Waals surface area contributed by atoms with Crippen molar-refractivity contribution in [2.45, 2.75) is 0 Å². The second-order valence-corrected chi connectivity index (χ2v) is 0.957. The van der Waals surface area contributed by atoms with Gasteiger partial charge in [0.05, 0.1) is 5.88 Å². The van der Waals surface area contributed by atoms with E-state index in [4.69, 9.17) is 11.6 Å². The van der Waals surface area contributed by atoms with Gasteiger partial charge in [0.15, 0.2) is 0 Å². The maximum atomic E-state index is 11.2. The van der Waals surface area contributed by atoms with Crippen LogP contribution in [0.2, 0.25) is 0 Å². The molecule has 0 aromatic heterocycles.